The number of hydrogen-bond donors (Lipinski definition) is 1. The minimum Gasteiger partial charge on any atom is -0.324 e. The Kier molecular flexibility index (Phi) is 3.17. The molecular formula is C13H7F2N3O4. The van der Waals surface area contributed by atoms with E-state index in [0.717, 1.165) is 6.20 Å². The van der Waals surface area contributed by atoms with Gasteiger partial charge >= 0.3 is 5.97 Å². The van der Waals surface area contributed by atoms with Crippen LogP contribution in [0.25, 0.3) is 0 Å². The van der Waals surface area contributed by atoms with Crippen LogP contribution in [0.2, 0.25) is 0 Å². The molecule has 0 spiro atoms. The Morgan fingerprint density at radius 2 is 1.77 bits per heavy atom. The number of halogens is 2. The van der Waals surface area contributed by atoms with Crippen LogP contribution in [0.3, 0.4) is 0 Å². The third-order valence-corrected chi connectivity index (χ3v) is 3.04. The van der Waals surface area contributed by atoms with Gasteiger partial charge in [0.1, 0.15) is 11.3 Å². The minimum absolute atomic E-state index is 0.0709. The van der Waals surface area contributed by atoms with Gasteiger partial charge in [0.15, 0.2) is 0 Å². The fraction of sp³-hybridized carbons (Fsp3) is 0.0769. The number of aromatic nitrogens is 2. The molecule has 7 nitrogen and oxygen atoms in total. The van der Waals surface area contributed by atoms with E-state index in [1.807, 2.05) is 5.10 Å². The molecule has 1 aromatic heterocycles. The highest BCUT2D eigenvalue weighted by molar-refractivity contribution is 6.21. The van der Waals surface area contributed by atoms with E-state index in [0.29, 0.717) is 0 Å². The van der Waals surface area contributed by atoms with Gasteiger partial charge in [-0.15, -0.1) is 0 Å². The summed E-state index contributed by atoms with van der Waals surface area (Å²) >= 11 is 0. The van der Waals surface area contributed by atoms with Crippen LogP contribution < -0.4 is 0 Å². The highest BCUT2D eigenvalue weighted by atomic mass is 19.3. The molecule has 0 radical (unpaired) electrons. The average Bonchev–Trinajstić information content (AvgIpc) is 3.08. The van der Waals surface area contributed by atoms with Crippen molar-refractivity contribution >= 4 is 17.8 Å². The van der Waals surface area contributed by atoms with Crippen molar-refractivity contribution in [2.45, 2.75) is 6.43 Å². The molecule has 2 aromatic rings. The van der Waals surface area contributed by atoms with Crippen LogP contribution in [-0.4, -0.2) is 33.0 Å². The van der Waals surface area contributed by atoms with E-state index in [-0.39, 0.29) is 16.2 Å². The smallest absolute Gasteiger partial charge is 0.324 e. The minimum atomic E-state index is -2.98. The predicted molar refractivity (Wildman–Crippen MR) is 65.9 cm³/mol. The summed E-state index contributed by atoms with van der Waals surface area (Å²) in [5.41, 5.74) is -1.16. The molecule has 0 atom stereocenters. The number of imide groups is 1. The third-order valence-electron chi connectivity index (χ3n) is 3.04. The first-order chi connectivity index (χ1) is 10.5. The summed E-state index contributed by atoms with van der Waals surface area (Å²) in [5.74, 6) is -2.95. The number of hydrogen-bond acceptors (Lipinski definition) is 5. The van der Waals surface area contributed by atoms with Gasteiger partial charge in [0.05, 0.1) is 17.3 Å². The standard InChI is InChI=1S/C13H7F2N3O4/c14-10(15)9-8(5-16-17-9)13(21)22-18-11(19)6-3-1-2-4-7(6)12(18)20/h1-5,10H,(H,16,17). The Balaban J connectivity index is 1.86. The lowest BCUT2D eigenvalue weighted by Gasteiger charge is -2.12. The Labute approximate surface area is 121 Å². The lowest BCUT2D eigenvalue weighted by Crippen LogP contribution is -2.32. The highest BCUT2D eigenvalue weighted by Crippen LogP contribution is 2.25. The molecule has 2 amide bonds. The van der Waals surface area contributed by atoms with Crippen molar-refractivity contribution in [1.82, 2.24) is 15.3 Å². The summed E-state index contributed by atoms with van der Waals surface area (Å²) in [6, 6.07) is 5.87. The van der Waals surface area contributed by atoms with Crippen molar-refractivity contribution in [1.29, 1.82) is 0 Å². The molecule has 0 fully saturated rings. The second kappa shape index (κ2) is 5.02. The number of carbonyl (C=O) groups excluding carboxylic acids is 3. The number of H-pyrrole nitrogens is 1. The monoisotopic (exact) mass is 307 g/mol. The molecule has 0 saturated heterocycles. The van der Waals surface area contributed by atoms with Crippen LogP contribution in [-0.2, 0) is 4.84 Å². The topological polar surface area (TPSA) is 92.4 Å². The number of alkyl halides is 2. The molecule has 1 aliphatic rings. The van der Waals surface area contributed by atoms with E-state index in [1.54, 1.807) is 12.1 Å². The maximum atomic E-state index is 12.7. The van der Waals surface area contributed by atoms with E-state index in [2.05, 4.69) is 9.94 Å². The first-order valence-electron chi connectivity index (χ1n) is 6.02. The maximum Gasteiger partial charge on any atom is 0.367 e. The van der Waals surface area contributed by atoms with Gasteiger partial charge in [0.25, 0.3) is 18.2 Å². The van der Waals surface area contributed by atoms with Crippen molar-refractivity contribution in [2.75, 3.05) is 0 Å². The van der Waals surface area contributed by atoms with Crippen molar-refractivity contribution in [3.8, 4) is 0 Å². The van der Waals surface area contributed by atoms with Gasteiger partial charge < -0.3 is 4.84 Å². The number of fused-ring (bicyclic) bond motifs is 1. The molecule has 0 bridgehead atoms. The first-order valence-corrected chi connectivity index (χ1v) is 6.02. The zero-order chi connectivity index (χ0) is 15.9. The first kappa shape index (κ1) is 13.9. The van der Waals surface area contributed by atoms with E-state index < -0.39 is 35.5 Å². The van der Waals surface area contributed by atoms with E-state index in [9.17, 15) is 23.2 Å². The molecule has 3 rings (SSSR count). The van der Waals surface area contributed by atoms with E-state index >= 15 is 0 Å². The second-order valence-electron chi connectivity index (χ2n) is 4.33. The SMILES string of the molecule is O=C(ON1C(=O)c2ccccc2C1=O)c1cn[nH]c1C(F)F. The quantitative estimate of drug-likeness (QED) is 0.872. The van der Waals surface area contributed by atoms with Crippen LogP contribution in [0.4, 0.5) is 8.78 Å². The molecule has 2 heterocycles. The summed E-state index contributed by atoms with van der Waals surface area (Å²) < 4.78 is 25.4. The lowest BCUT2D eigenvalue weighted by molar-refractivity contribution is -0.0587. The molecule has 1 aliphatic heterocycles. The van der Waals surface area contributed by atoms with Gasteiger partial charge in [-0.05, 0) is 12.1 Å². The van der Waals surface area contributed by atoms with Gasteiger partial charge in [-0.25, -0.2) is 13.6 Å². The van der Waals surface area contributed by atoms with Gasteiger partial charge in [0.2, 0.25) is 0 Å². The Morgan fingerprint density at radius 3 is 2.32 bits per heavy atom. The second-order valence-corrected chi connectivity index (χ2v) is 4.33. The molecule has 1 N–H and O–H groups in total. The molecule has 1 aromatic carbocycles. The summed E-state index contributed by atoms with van der Waals surface area (Å²) in [4.78, 5) is 40.5. The van der Waals surface area contributed by atoms with Gasteiger partial charge in [-0.1, -0.05) is 17.2 Å². The summed E-state index contributed by atoms with van der Waals surface area (Å²) in [6.07, 6.45) is -2.14. The Morgan fingerprint density at radius 1 is 1.18 bits per heavy atom. The predicted octanol–water partition coefficient (Wildman–Crippen LogP) is 1.72. The normalized spacial score (nSPS) is 13.7. The number of amides is 2. The molecule has 0 unspecified atom stereocenters. The molecular weight excluding hydrogens is 300 g/mol. The van der Waals surface area contributed by atoms with Crippen LogP contribution in [0.15, 0.2) is 30.5 Å². The summed E-state index contributed by atoms with van der Waals surface area (Å²) in [5, 5.41) is 5.53. The van der Waals surface area contributed by atoms with E-state index in [1.165, 1.54) is 12.1 Å². The third kappa shape index (κ3) is 2.03. The van der Waals surface area contributed by atoms with Gasteiger partial charge in [0, 0.05) is 0 Å². The summed E-state index contributed by atoms with van der Waals surface area (Å²) in [7, 11) is 0. The number of hydroxylamine groups is 2. The van der Waals surface area contributed by atoms with Crippen molar-refractivity contribution in [3.63, 3.8) is 0 Å². The number of benzene rings is 1. The van der Waals surface area contributed by atoms with Crippen molar-refractivity contribution in [2.24, 2.45) is 0 Å². The zero-order valence-electron chi connectivity index (χ0n) is 10.7. The molecule has 0 aliphatic carbocycles. The van der Waals surface area contributed by atoms with Crippen LogP contribution in [0, 0.1) is 0 Å². The van der Waals surface area contributed by atoms with Crippen molar-refractivity contribution < 1.29 is 28.0 Å². The Bertz CT molecular complexity index is 752. The fourth-order valence-electron chi connectivity index (χ4n) is 2.01. The molecule has 22 heavy (non-hydrogen) atoms. The average molecular weight is 307 g/mol. The van der Waals surface area contributed by atoms with Gasteiger partial charge in [-0.2, -0.15) is 5.10 Å². The number of nitrogens with zero attached hydrogens (tertiary/aromatic N) is 2. The molecule has 9 heteroatoms. The molecule has 0 saturated carbocycles. The summed E-state index contributed by atoms with van der Waals surface area (Å²) in [6.45, 7) is 0. The molecule has 112 valence electrons. The van der Waals surface area contributed by atoms with Crippen LogP contribution >= 0.6 is 0 Å². The largest absolute Gasteiger partial charge is 0.367 e. The van der Waals surface area contributed by atoms with Crippen LogP contribution in [0.5, 0.6) is 0 Å². The maximum absolute atomic E-state index is 12.7. The Hall–Kier alpha value is -3.10. The van der Waals surface area contributed by atoms with E-state index in [4.69, 9.17) is 0 Å². The number of carbonyl (C=O) groups is 3. The van der Waals surface area contributed by atoms with Crippen LogP contribution in [0.1, 0.15) is 43.2 Å². The highest BCUT2D eigenvalue weighted by Gasteiger charge is 2.39. The number of nitrogens with one attached hydrogen (secondary N) is 1. The van der Waals surface area contributed by atoms with Crippen molar-refractivity contribution in [3.05, 3.63) is 52.8 Å². The lowest BCUT2D eigenvalue weighted by atomic mass is 10.1. The van der Waals surface area contributed by atoms with Gasteiger partial charge in [-0.3, -0.25) is 14.7 Å². The zero-order valence-corrected chi connectivity index (χ0v) is 10.7. The fourth-order valence-corrected chi connectivity index (χ4v) is 2.01. The number of aromatic amines is 1. The number of rotatable bonds is 3.